The lowest BCUT2D eigenvalue weighted by Gasteiger charge is -2.09. The van der Waals surface area contributed by atoms with Gasteiger partial charge >= 0.3 is 6.18 Å². The smallest absolute Gasteiger partial charge is 0.192 e. The van der Waals surface area contributed by atoms with Gasteiger partial charge < -0.3 is 0 Å². The van der Waals surface area contributed by atoms with Gasteiger partial charge in [0.05, 0.1) is 17.2 Å². The molecule has 0 aromatic heterocycles. The van der Waals surface area contributed by atoms with E-state index in [1.807, 2.05) is 6.07 Å². The number of hydrogen-bond donors (Lipinski definition) is 0. The molecule has 1 aromatic carbocycles. The molecule has 1 fully saturated rings. The van der Waals surface area contributed by atoms with Gasteiger partial charge in [0.25, 0.3) is 0 Å². The molecule has 0 aliphatic heterocycles. The highest BCUT2D eigenvalue weighted by Crippen LogP contribution is 2.43. The number of alkyl halides is 3. The van der Waals surface area contributed by atoms with Crippen molar-refractivity contribution in [1.82, 2.24) is 0 Å². The van der Waals surface area contributed by atoms with Gasteiger partial charge in [-0.3, -0.25) is 0 Å². The maximum atomic E-state index is 12.4. The van der Waals surface area contributed by atoms with Crippen LogP contribution in [0.1, 0.15) is 35.4 Å². The van der Waals surface area contributed by atoms with Crippen LogP contribution in [0, 0.1) is 11.3 Å². The molecule has 0 amide bonds. The molecule has 0 atom stereocenters. The highest BCUT2D eigenvalue weighted by Gasteiger charge is 2.33. The number of rotatable bonds is 1. The van der Waals surface area contributed by atoms with Gasteiger partial charge in [0.1, 0.15) is 0 Å². The fourth-order valence-electron chi connectivity index (χ4n) is 1.57. The van der Waals surface area contributed by atoms with E-state index in [-0.39, 0.29) is 5.92 Å². The number of hydrogen-bond acceptors (Lipinski definition) is 1. The summed E-state index contributed by atoms with van der Waals surface area (Å²) < 4.78 is 37.2. The highest BCUT2D eigenvalue weighted by atomic mass is 19.4. The van der Waals surface area contributed by atoms with Gasteiger partial charge in [-0.05, 0) is 42.5 Å². The van der Waals surface area contributed by atoms with Crippen LogP contribution in [0.15, 0.2) is 18.2 Å². The second kappa shape index (κ2) is 3.27. The molecule has 0 heterocycles. The zero-order valence-corrected chi connectivity index (χ0v) is 7.80. The summed E-state index contributed by atoms with van der Waals surface area (Å²) in [7, 11) is 0. The Labute approximate surface area is 85.1 Å². The van der Waals surface area contributed by atoms with Crippen molar-refractivity contribution >= 4 is 0 Å². The minimum Gasteiger partial charge on any atom is -0.192 e. The van der Waals surface area contributed by atoms with Gasteiger partial charge in [-0.1, -0.05) is 0 Å². The van der Waals surface area contributed by atoms with Gasteiger partial charge in [-0.2, -0.15) is 18.4 Å². The van der Waals surface area contributed by atoms with Crippen LogP contribution in [0.5, 0.6) is 0 Å². The Hall–Kier alpha value is -1.50. The van der Waals surface area contributed by atoms with Crippen LogP contribution in [-0.4, -0.2) is 0 Å². The number of nitrogens with zero attached hydrogens (tertiary/aromatic N) is 1. The maximum absolute atomic E-state index is 12.4. The lowest BCUT2D eigenvalue weighted by Crippen LogP contribution is -2.06. The molecule has 1 aliphatic rings. The van der Waals surface area contributed by atoms with Crippen molar-refractivity contribution in [3.8, 4) is 6.07 Å². The first kappa shape index (κ1) is 10.0. The third kappa shape index (κ3) is 1.96. The zero-order chi connectivity index (χ0) is 11.1. The molecule has 1 saturated carbocycles. The second-order valence-corrected chi connectivity index (χ2v) is 3.69. The van der Waals surface area contributed by atoms with Crippen LogP contribution >= 0.6 is 0 Å². The van der Waals surface area contributed by atoms with E-state index in [1.54, 1.807) is 0 Å². The molecule has 0 radical (unpaired) electrons. The summed E-state index contributed by atoms with van der Waals surface area (Å²) in [5.74, 6) is 0.155. The lowest BCUT2D eigenvalue weighted by atomic mass is 10.0. The van der Waals surface area contributed by atoms with E-state index >= 15 is 0 Å². The molecule has 1 aliphatic carbocycles. The molecule has 1 nitrogen and oxygen atoms in total. The highest BCUT2D eigenvalue weighted by molar-refractivity contribution is 5.44. The Bertz CT molecular complexity index is 424. The van der Waals surface area contributed by atoms with Crippen LogP contribution in [0.4, 0.5) is 13.2 Å². The Morgan fingerprint density at radius 1 is 1.27 bits per heavy atom. The Morgan fingerprint density at radius 3 is 2.40 bits per heavy atom. The average Bonchev–Trinajstić information content (AvgIpc) is 2.98. The minimum absolute atomic E-state index is 0.155. The molecule has 2 rings (SSSR count). The molecule has 0 spiro atoms. The average molecular weight is 211 g/mol. The molecule has 78 valence electrons. The van der Waals surface area contributed by atoms with Gasteiger partial charge in [0, 0.05) is 0 Å². The molecule has 0 saturated heterocycles. The van der Waals surface area contributed by atoms with Gasteiger partial charge in [-0.15, -0.1) is 0 Å². The van der Waals surface area contributed by atoms with Crippen LogP contribution in [-0.2, 0) is 6.18 Å². The van der Waals surface area contributed by atoms with E-state index < -0.39 is 11.7 Å². The van der Waals surface area contributed by atoms with E-state index in [1.165, 1.54) is 6.07 Å². The second-order valence-electron chi connectivity index (χ2n) is 3.69. The van der Waals surface area contributed by atoms with E-state index in [4.69, 9.17) is 5.26 Å². The number of halogens is 3. The molecule has 1 aromatic rings. The SMILES string of the molecule is N#Cc1ccc(C(F)(F)F)cc1C1CC1. The molecule has 0 bridgehead atoms. The molecular formula is C11H8F3N. The Kier molecular flexibility index (Phi) is 2.18. The number of benzene rings is 1. The normalized spacial score (nSPS) is 16.1. The summed E-state index contributed by atoms with van der Waals surface area (Å²) in [6.45, 7) is 0. The predicted molar refractivity (Wildman–Crippen MR) is 48.1 cm³/mol. The summed E-state index contributed by atoms with van der Waals surface area (Å²) in [5.41, 5.74) is 0.251. The van der Waals surface area contributed by atoms with Crippen molar-refractivity contribution in [2.24, 2.45) is 0 Å². The zero-order valence-electron chi connectivity index (χ0n) is 7.80. The Morgan fingerprint density at radius 2 is 1.93 bits per heavy atom. The monoisotopic (exact) mass is 211 g/mol. The number of nitriles is 1. The topological polar surface area (TPSA) is 23.8 Å². The largest absolute Gasteiger partial charge is 0.416 e. The first-order chi connectivity index (χ1) is 7.02. The van der Waals surface area contributed by atoms with E-state index in [9.17, 15) is 13.2 Å². The third-order valence-corrected chi connectivity index (χ3v) is 2.52. The van der Waals surface area contributed by atoms with E-state index in [2.05, 4.69) is 0 Å². The maximum Gasteiger partial charge on any atom is 0.416 e. The molecule has 0 N–H and O–H groups in total. The van der Waals surface area contributed by atoms with Crippen molar-refractivity contribution in [2.75, 3.05) is 0 Å². The molecule has 4 heteroatoms. The predicted octanol–water partition coefficient (Wildman–Crippen LogP) is 3.45. The van der Waals surface area contributed by atoms with Gasteiger partial charge in [0.15, 0.2) is 0 Å². The first-order valence-electron chi connectivity index (χ1n) is 4.63. The summed E-state index contributed by atoms with van der Waals surface area (Å²) in [4.78, 5) is 0. The summed E-state index contributed by atoms with van der Waals surface area (Å²) >= 11 is 0. The third-order valence-electron chi connectivity index (χ3n) is 2.52. The summed E-state index contributed by atoms with van der Waals surface area (Å²) in [6, 6.07) is 5.26. The standard InChI is InChI=1S/C11H8F3N/c12-11(13,14)9-4-3-8(6-15)10(5-9)7-1-2-7/h3-5,7H,1-2H2. The molecule has 15 heavy (non-hydrogen) atoms. The first-order valence-corrected chi connectivity index (χ1v) is 4.63. The van der Waals surface area contributed by atoms with Gasteiger partial charge in [0.2, 0.25) is 0 Å². The summed E-state index contributed by atoms with van der Waals surface area (Å²) in [5, 5.41) is 8.76. The molecular weight excluding hydrogens is 203 g/mol. The Balaban J connectivity index is 2.46. The van der Waals surface area contributed by atoms with Crippen molar-refractivity contribution in [3.05, 3.63) is 34.9 Å². The van der Waals surface area contributed by atoms with Crippen LogP contribution in [0.3, 0.4) is 0 Å². The van der Waals surface area contributed by atoms with Crippen molar-refractivity contribution in [3.63, 3.8) is 0 Å². The van der Waals surface area contributed by atoms with Gasteiger partial charge in [-0.25, -0.2) is 0 Å². The van der Waals surface area contributed by atoms with Crippen molar-refractivity contribution < 1.29 is 13.2 Å². The quantitative estimate of drug-likeness (QED) is 0.697. The van der Waals surface area contributed by atoms with Crippen molar-refractivity contribution in [2.45, 2.75) is 24.9 Å². The van der Waals surface area contributed by atoms with Crippen LogP contribution < -0.4 is 0 Å². The molecule has 0 unspecified atom stereocenters. The fraction of sp³-hybridized carbons (Fsp3) is 0.364. The summed E-state index contributed by atoms with van der Waals surface area (Å²) in [6.07, 6.45) is -2.55. The van der Waals surface area contributed by atoms with Crippen LogP contribution in [0.25, 0.3) is 0 Å². The van der Waals surface area contributed by atoms with Crippen molar-refractivity contribution in [1.29, 1.82) is 5.26 Å². The van der Waals surface area contributed by atoms with E-state index in [0.29, 0.717) is 11.1 Å². The van der Waals surface area contributed by atoms with E-state index in [0.717, 1.165) is 25.0 Å². The minimum atomic E-state index is -4.32. The lowest BCUT2D eigenvalue weighted by molar-refractivity contribution is -0.137. The fourth-order valence-corrected chi connectivity index (χ4v) is 1.57. The van der Waals surface area contributed by atoms with Crippen LogP contribution in [0.2, 0.25) is 0 Å².